The number of piperidine rings is 1. The second-order valence-corrected chi connectivity index (χ2v) is 8.19. The van der Waals surface area contributed by atoms with Gasteiger partial charge in [-0.2, -0.15) is 0 Å². The van der Waals surface area contributed by atoms with Gasteiger partial charge < -0.3 is 29.3 Å². The smallest absolute Gasteiger partial charge is 0.243 e. The van der Waals surface area contributed by atoms with E-state index in [1.807, 2.05) is 0 Å². The molecule has 3 saturated heterocycles. The molecule has 0 spiro atoms. The number of halogens is 1. The lowest BCUT2D eigenvalue weighted by Crippen LogP contribution is -2.48. The van der Waals surface area contributed by atoms with Crippen molar-refractivity contribution in [2.24, 2.45) is 10.9 Å². The number of hydrogen-bond donors (Lipinski definition) is 1. The molecule has 0 aromatic rings. The quantitative estimate of drug-likeness (QED) is 0.308. The summed E-state index contributed by atoms with van der Waals surface area (Å²) in [5.74, 6) is 1.36. The fourth-order valence-corrected chi connectivity index (χ4v) is 3.79. The number of carbonyl (C=O) groups is 1. The molecule has 0 bridgehead atoms. The second kappa shape index (κ2) is 12.9. The molecule has 8 nitrogen and oxygen atoms in total. The van der Waals surface area contributed by atoms with Crippen LogP contribution in [0.5, 0.6) is 0 Å². The molecule has 0 saturated carbocycles. The van der Waals surface area contributed by atoms with E-state index in [-0.39, 0.29) is 48.6 Å². The molecule has 2 atom stereocenters. The highest BCUT2D eigenvalue weighted by atomic mass is 127. The van der Waals surface area contributed by atoms with Crippen molar-refractivity contribution in [3.05, 3.63) is 0 Å². The summed E-state index contributed by atoms with van der Waals surface area (Å²) >= 11 is 0. The fraction of sp³-hybridized carbons (Fsp3) is 0.900. The van der Waals surface area contributed by atoms with Gasteiger partial charge in [0.1, 0.15) is 6.54 Å². The van der Waals surface area contributed by atoms with E-state index in [1.54, 1.807) is 19.0 Å². The van der Waals surface area contributed by atoms with Crippen LogP contribution in [0, 0.1) is 5.92 Å². The highest BCUT2D eigenvalue weighted by Gasteiger charge is 2.25. The summed E-state index contributed by atoms with van der Waals surface area (Å²) in [6, 6.07) is 0. The topological polar surface area (TPSA) is 75.6 Å². The van der Waals surface area contributed by atoms with E-state index in [0.29, 0.717) is 12.5 Å². The highest BCUT2D eigenvalue weighted by Crippen LogP contribution is 2.18. The Bertz CT molecular complexity index is 515. The molecule has 1 amide bonds. The van der Waals surface area contributed by atoms with Gasteiger partial charge in [0, 0.05) is 52.9 Å². The monoisotopic (exact) mass is 524 g/mol. The first-order valence-corrected chi connectivity index (χ1v) is 10.7. The minimum Gasteiger partial charge on any atom is -0.381 e. The number of guanidine groups is 1. The zero-order valence-electron chi connectivity index (χ0n) is 17.8. The molecule has 3 heterocycles. The maximum absolute atomic E-state index is 12.0. The van der Waals surface area contributed by atoms with Gasteiger partial charge in [0.25, 0.3) is 0 Å². The summed E-state index contributed by atoms with van der Waals surface area (Å²) in [6.45, 7) is 6.01. The first-order chi connectivity index (χ1) is 13.6. The number of nitrogens with zero attached hydrogens (tertiary/aromatic N) is 3. The van der Waals surface area contributed by atoms with Crippen LogP contribution in [0.1, 0.15) is 32.1 Å². The van der Waals surface area contributed by atoms with Crippen molar-refractivity contribution in [1.29, 1.82) is 0 Å². The lowest BCUT2D eigenvalue weighted by Gasteiger charge is -2.35. The molecule has 0 aliphatic carbocycles. The number of likely N-dealkylation sites (N-methyl/N-ethyl adjacent to an activating group) is 1. The number of carbonyl (C=O) groups excluding carboxylic acids is 1. The average Bonchev–Trinajstić information content (AvgIpc) is 3.40. The molecule has 29 heavy (non-hydrogen) atoms. The summed E-state index contributed by atoms with van der Waals surface area (Å²) in [7, 11) is 3.52. The molecule has 0 aromatic carbocycles. The summed E-state index contributed by atoms with van der Waals surface area (Å²) in [4.78, 5) is 20.4. The minimum atomic E-state index is 0. The van der Waals surface area contributed by atoms with Gasteiger partial charge in [0.15, 0.2) is 5.96 Å². The molecule has 9 heteroatoms. The predicted octanol–water partition coefficient (Wildman–Crippen LogP) is 1.33. The third-order valence-corrected chi connectivity index (χ3v) is 5.72. The largest absolute Gasteiger partial charge is 0.381 e. The van der Waals surface area contributed by atoms with Gasteiger partial charge >= 0.3 is 0 Å². The summed E-state index contributed by atoms with van der Waals surface area (Å²) < 4.78 is 17.2. The third kappa shape index (κ3) is 8.18. The first kappa shape index (κ1) is 24.6. The number of nitrogens with one attached hydrogen (secondary N) is 1. The van der Waals surface area contributed by atoms with E-state index in [9.17, 15) is 4.79 Å². The Morgan fingerprint density at radius 3 is 2.62 bits per heavy atom. The van der Waals surface area contributed by atoms with E-state index in [2.05, 4.69) is 15.2 Å². The van der Waals surface area contributed by atoms with Crippen LogP contribution in [-0.4, -0.2) is 101 Å². The lowest BCUT2D eigenvalue weighted by molar-refractivity contribution is -0.127. The predicted molar refractivity (Wildman–Crippen MR) is 123 cm³/mol. The zero-order valence-corrected chi connectivity index (χ0v) is 20.1. The SMILES string of the molecule is CN(C)C(=O)CN=C(NCC1CCOC1)N1CCC(OCC2CCCO2)CC1.I. The summed E-state index contributed by atoms with van der Waals surface area (Å²) in [5, 5.41) is 3.48. The van der Waals surface area contributed by atoms with Crippen molar-refractivity contribution >= 4 is 35.8 Å². The number of aliphatic imine (C=N–C) groups is 1. The van der Waals surface area contributed by atoms with Crippen molar-refractivity contribution in [2.75, 3.05) is 66.7 Å². The van der Waals surface area contributed by atoms with E-state index in [4.69, 9.17) is 14.2 Å². The molecule has 1 N–H and O–H groups in total. The molecule has 0 radical (unpaired) electrons. The van der Waals surface area contributed by atoms with Crippen molar-refractivity contribution in [1.82, 2.24) is 15.1 Å². The fourth-order valence-electron chi connectivity index (χ4n) is 3.79. The van der Waals surface area contributed by atoms with Crippen LogP contribution in [0.4, 0.5) is 0 Å². The van der Waals surface area contributed by atoms with Crippen LogP contribution in [0.25, 0.3) is 0 Å². The van der Waals surface area contributed by atoms with Crippen molar-refractivity contribution < 1.29 is 19.0 Å². The maximum Gasteiger partial charge on any atom is 0.243 e. The van der Waals surface area contributed by atoms with Gasteiger partial charge in [0.05, 0.1) is 25.4 Å². The van der Waals surface area contributed by atoms with Crippen molar-refractivity contribution in [3.63, 3.8) is 0 Å². The number of hydrogen-bond acceptors (Lipinski definition) is 5. The molecule has 0 aromatic heterocycles. The van der Waals surface area contributed by atoms with Crippen molar-refractivity contribution in [3.8, 4) is 0 Å². The number of ether oxygens (including phenoxy) is 3. The number of likely N-dealkylation sites (tertiary alicyclic amines) is 1. The average molecular weight is 524 g/mol. The molecule has 2 unspecified atom stereocenters. The van der Waals surface area contributed by atoms with Crippen LogP contribution < -0.4 is 5.32 Å². The first-order valence-electron chi connectivity index (χ1n) is 10.7. The van der Waals surface area contributed by atoms with Crippen LogP contribution in [0.3, 0.4) is 0 Å². The van der Waals surface area contributed by atoms with E-state index < -0.39 is 0 Å². The Morgan fingerprint density at radius 2 is 2.00 bits per heavy atom. The van der Waals surface area contributed by atoms with Gasteiger partial charge in [-0.25, -0.2) is 4.99 Å². The van der Waals surface area contributed by atoms with Gasteiger partial charge in [-0.15, -0.1) is 24.0 Å². The molecular weight excluding hydrogens is 487 g/mol. The van der Waals surface area contributed by atoms with Gasteiger partial charge in [0.2, 0.25) is 5.91 Å². The van der Waals surface area contributed by atoms with Gasteiger partial charge in [-0.1, -0.05) is 0 Å². The normalized spacial score (nSPS) is 25.7. The van der Waals surface area contributed by atoms with E-state index >= 15 is 0 Å². The maximum atomic E-state index is 12.0. The Kier molecular flexibility index (Phi) is 11.0. The number of amides is 1. The molecule has 168 valence electrons. The van der Waals surface area contributed by atoms with E-state index in [1.165, 1.54) is 0 Å². The standard InChI is InChI=1S/C20H36N4O4.HI/c1-23(2)19(25)13-22-20(21-12-16-7-11-26-14-16)24-8-5-17(6-9-24)28-15-18-4-3-10-27-18;/h16-18H,3-15H2,1-2H3,(H,21,22);1H. The molecule has 3 rings (SSSR count). The summed E-state index contributed by atoms with van der Waals surface area (Å²) in [6.07, 6.45) is 5.86. The molecular formula is C20H37IN4O4. The lowest BCUT2D eigenvalue weighted by atomic mass is 10.1. The Labute approximate surface area is 191 Å². The minimum absolute atomic E-state index is 0. The third-order valence-electron chi connectivity index (χ3n) is 5.72. The van der Waals surface area contributed by atoms with Crippen LogP contribution in [-0.2, 0) is 19.0 Å². The number of rotatable bonds is 7. The molecule has 3 aliphatic heterocycles. The van der Waals surface area contributed by atoms with Gasteiger partial charge in [-0.05, 0) is 32.1 Å². The van der Waals surface area contributed by atoms with E-state index in [0.717, 1.165) is 77.5 Å². The van der Waals surface area contributed by atoms with Crippen LogP contribution in [0.15, 0.2) is 4.99 Å². The molecule has 3 aliphatic rings. The Morgan fingerprint density at radius 1 is 1.21 bits per heavy atom. The van der Waals surface area contributed by atoms with Gasteiger partial charge in [-0.3, -0.25) is 4.79 Å². The highest BCUT2D eigenvalue weighted by molar-refractivity contribution is 14.0. The zero-order chi connectivity index (χ0) is 19.8. The summed E-state index contributed by atoms with van der Waals surface area (Å²) in [5.41, 5.74) is 0. The van der Waals surface area contributed by atoms with Crippen LogP contribution in [0.2, 0.25) is 0 Å². The Hall–Kier alpha value is -0.650. The van der Waals surface area contributed by atoms with Crippen molar-refractivity contribution in [2.45, 2.75) is 44.3 Å². The Balaban J connectivity index is 0.00000300. The molecule has 3 fully saturated rings. The second-order valence-electron chi connectivity index (χ2n) is 8.19. The van der Waals surface area contributed by atoms with Crippen LogP contribution >= 0.6 is 24.0 Å².